The Morgan fingerprint density at radius 2 is 1.88 bits per heavy atom. The van der Waals surface area contributed by atoms with Crippen molar-refractivity contribution in [2.45, 2.75) is 32.6 Å². The van der Waals surface area contributed by atoms with Gasteiger partial charge in [-0.1, -0.05) is 30.3 Å². The van der Waals surface area contributed by atoms with Gasteiger partial charge in [0.1, 0.15) is 0 Å². The van der Waals surface area contributed by atoms with Crippen molar-refractivity contribution in [3.05, 3.63) is 35.9 Å². The van der Waals surface area contributed by atoms with Gasteiger partial charge in [0.25, 0.3) is 0 Å². The number of aliphatic imine (C=N–C) groups is 1. The van der Waals surface area contributed by atoms with Crippen LogP contribution in [-0.4, -0.2) is 50.6 Å². The summed E-state index contributed by atoms with van der Waals surface area (Å²) in [7, 11) is 2.21. The van der Waals surface area contributed by atoms with Gasteiger partial charge in [-0.15, -0.1) is 24.0 Å². The van der Waals surface area contributed by atoms with Crippen LogP contribution in [0.5, 0.6) is 0 Å². The molecule has 136 valence electrons. The van der Waals surface area contributed by atoms with Crippen LogP contribution in [0.2, 0.25) is 0 Å². The monoisotopic (exact) mass is 444 g/mol. The van der Waals surface area contributed by atoms with E-state index in [4.69, 9.17) is 4.99 Å². The molecule has 1 aromatic carbocycles. The summed E-state index contributed by atoms with van der Waals surface area (Å²) in [6, 6.07) is 10.7. The minimum atomic E-state index is 0. The summed E-state index contributed by atoms with van der Waals surface area (Å²) in [4.78, 5) is 7.19. The largest absolute Gasteiger partial charge is 0.357 e. The molecular weight excluding hydrogens is 411 g/mol. The number of hydrogen-bond acceptors (Lipinski definition) is 2. The van der Waals surface area contributed by atoms with Gasteiger partial charge in [0.2, 0.25) is 0 Å². The smallest absolute Gasteiger partial charge is 0.191 e. The summed E-state index contributed by atoms with van der Waals surface area (Å²) in [5.41, 5.74) is 1.41. The lowest BCUT2D eigenvalue weighted by atomic mass is 9.97. The number of rotatable bonds is 7. The lowest BCUT2D eigenvalue weighted by molar-refractivity contribution is 0.223. The summed E-state index contributed by atoms with van der Waals surface area (Å²) in [6.45, 7) is 7.37. The highest BCUT2D eigenvalue weighted by Crippen LogP contribution is 2.15. The maximum atomic E-state index is 4.78. The quantitative estimate of drug-likeness (QED) is 0.294. The zero-order valence-corrected chi connectivity index (χ0v) is 17.5. The van der Waals surface area contributed by atoms with Crippen LogP contribution < -0.4 is 10.6 Å². The average Bonchev–Trinajstić information content (AvgIpc) is 2.59. The van der Waals surface area contributed by atoms with E-state index in [-0.39, 0.29) is 24.0 Å². The minimum absolute atomic E-state index is 0. The zero-order valence-electron chi connectivity index (χ0n) is 15.1. The molecule has 0 atom stereocenters. The molecule has 0 radical (unpaired) electrons. The second-order valence-corrected chi connectivity index (χ2v) is 6.48. The standard InChI is InChI=1S/C19H32N4.HI/c1-3-20-19(22-16-18-11-14-23(2)15-12-18)21-13-7-10-17-8-5-4-6-9-17;/h4-6,8-9,18H,3,7,10-16H2,1-2H3,(H2,20,21,22);1H. The molecule has 1 heterocycles. The molecule has 24 heavy (non-hydrogen) atoms. The van der Waals surface area contributed by atoms with E-state index in [1.165, 1.54) is 31.5 Å². The van der Waals surface area contributed by atoms with E-state index in [2.05, 4.69) is 59.8 Å². The van der Waals surface area contributed by atoms with Gasteiger partial charge in [-0.2, -0.15) is 0 Å². The molecule has 0 bridgehead atoms. The number of nitrogens with zero attached hydrogens (tertiary/aromatic N) is 2. The summed E-state index contributed by atoms with van der Waals surface area (Å²) < 4.78 is 0. The predicted octanol–water partition coefficient (Wildman–Crippen LogP) is 3.13. The van der Waals surface area contributed by atoms with Crippen molar-refractivity contribution < 1.29 is 0 Å². The molecule has 1 aliphatic heterocycles. The van der Waals surface area contributed by atoms with Crippen LogP contribution in [-0.2, 0) is 6.42 Å². The molecule has 2 rings (SSSR count). The Hall–Kier alpha value is -0.820. The number of piperidine rings is 1. The number of nitrogens with one attached hydrogen (secondary N) is 2. The molecule has 1 fully saturated rings. The van der Waals surface area contributed by atoms with E-state index < -0.39 is 0 Å². The maximum absolute atomic E-state index is 4.78. The van der Waals surface area contributed by atoms with Crippen molar-refractivity contribution in [3.8, 4) is 0 Å². The highest BCUT2D eigenvalue weighted by atomic mass is 127. The second kappa shape index (κ2) is 12.5. The SMILES string of the molecule is CCNC(=NCC1CCN(C)CC1)NCCCc1ccccc1.I. The number of aryl methyl sites for hydroxylation is 1. The second-order valence-electron chi connectivity index (χ2n) is 6.48. The topological polar surface area (TPSA) is 39.7 Å². The van der Waals surface area contributed by atoms with Gasteiger partial charge in [-0.25, -0.2) is 0 Å². The number of hydrogen-bond donors (Lipinski definition) is 2. The first-order valence-corrected chi connectivity index (χ1v) is 9.02. The zero-order chi connectivity index (χ0) is 16.3. The first-order valence-electron chi connectivity index (χ1n) is 9.02. The molecule has 0 amide bonds. The highest BCUT2D eigenvalue weighted by molar-refractivity contribution is 14.0. The molecule has 0 aromatic heterocycles. The van der Waals surface area contributed by atoms with Gasteiger partial charge in [0.05, 0.1) is 0 Å². The average molecular weight is 444 g/mol. The Bertz CT molecular complexity index is 456. The Kier molecular flexibility index (Phi) is 11.1. The van der Waals surface area contributed by atoms with Crippen LogP contribution in [0.4, 0.5) is 0 Å². The van der Waals surface area contributed by atoms with E-state index in [9.17, 15) is 0 Å². The minimum Gasteiger partial charge on any atom is -0.357 e. The third-order valence-corrected chi connectivity index (χ3v) is 4.47. The van der Waals surface area contributed by atoms with Crippen LogP contribution in [0.3, 0.4) is 0 Å². The predicted molar refractivity (Wildman–Crippen MR) is 114 cm³/mol. The molecule has 4 nitrogen and oxygen atoms in total. The number of likely N-dealkylation sites (tertiary alicyclic amines) is 1. The molecular formula is C19H33IN4. The van der Waals surface area contributed by atoms with Crippen molar-refractivity contribution in [1.82, 2.24) is 15.5 Å². The fraction of sp³-hybridized carbons (Fsp3) is 0.632. The highest BCUT2D eigenvalue weighted by Gasteiger charge is 2.16. The van der Waals surface area contributed by atoms with Crippen LogP contribution in [0.25, 0.3) is 0 Å². The van der Waals surface area contributed by atoms with Gasteiger partial charge < -0.3 is 15.5 Å². The third kappa shape index (κ3) is 8.33. The van der Waals surface area contributed by atoms with Crippen molar-refractivity contribution in [2.75, 3.05) is 39.8 Å². The van der Waals surface area contributed by atoms with E-state index in [1.807, 2.05) is 0 Å². The number of benzene rings is 1. The van der Waals surface area contributed by atoms with E-state index in [0.29, 0.717) is 0 Å². The molecule has 0 saturated carbocycles. The molecule has 1 saturated heterocycles. The summed E-state index contributed by atoms with van der Waals surface area (Å²) in [5.74, 6) is 1.71. The van der Waals surface area contributed by atoms with Gasteiger partial charge in [-0.05, 0) is 64.2 Å². The Morgan fingerprint density at radius 1 is 1.17 bits per heavy atom. The van der Waals surface area contributed by atoms with E-state index in [0.717, 1.165) is 44.4 Å². The Labute approximate surface area is 164 Å². The first-order chi connectivity index (χ1) is 11.3. The van der Waals surface area contributed by atoms with E-state index in [1.54, 1.807) is 0 Å². The van der Waals surface area contributed by atoms with Crippen LogP contribution in [0.15, 0.2) is 35.3 Å². The fourth-order valence-corrected chi connectivity index (χ4v) is 2.95. The molecule has 0 aliphatic carbocycles. The third-order valence-electron chi connectivity index (χ3n) is 4.47. The lowest BCUT2D eigenvalue weighted by Crippen LogP contribution is -2.39. The number of halogens is 1. The molecule has 2 N–H and O–H groups in total. The van der Waals surface area contributed by atoms with Crippen LogP contribution in [0, 0.1) is 5.92 Å². The molecule has 5 heteroatoms. The van der Waals surface area contributed by atoms with Crippen LogP contribution >= 0.6 is 24.0 Å². The van der Waals surface area contributed by atoms with Gasteiger partial charge >= 0.3 is 0 Å². The van der Waals surface area contributed by atoms with Crippen LogP contribution in [0.1, 0.15) is 31.7 Å². The summed E-state index contributed by atoms with van der Waals surface area (Å²) >= 11 is 0. The van der Waals surface area contributed by atoms with Crippen molar-refractivity contribution in [2.24, 2.45) is 10.9 Å². The number of guanidine groups is 1. The van der Waals surface area contributed by atoms with Gasteiger partial charge in [0.15, 0.2) is 5.96 Å². The maximum Gasteiger partial charge on any atom is 0.191 e. The fourth-order valence-electron chi connectivity index (χ4n) is 2.95. The summed E-state index contributed by atoms with van der Waals surface area (Å²) in [6.07, 6.45) is 4.78. The van der Waals surface area contributed by atoms with Crippen molar-refractivity contribution in [1.29, 1.82) is 0 Å². The van der Waals surface area contributed by atoms with E-state index >= 15 is 0 Å². The molecule has 0 spiro atoms. The molecule has 1 aliphatic rings. The van der Waals surface area contributed by atoms with Gasteiger partial charge in [-0.3, -0.25) is 4.99 Å². The molecule has 1 aromatic rings. The van der Waals surface area contributed by atoms with Crippen molar-refractivity contribution in [3.63, 3.8) is 0 Å². The van der Waals surface area contributed by atoms with Gasteiger partial charge in [0, 0.05) is 19.6 Å². The lowest BCUT2D eigenvalue weighted by Gasteiger charge is -2.28. The Balaban J connectivity index is 0.00000288. The normalized spacial score (nSPS) is 16.5. The van der Waals surface area contributed by atoms with Crippen molar-refractivity contribution >= 4 is 29.9 Å². The summed E-state index contributed by atoms with van der Waals surface area (Å²) in [5, 5.41) is 6.83. The molecule has 0 unspecified atom stereocenters. The first kappa shape index (κ1) is 21.2. The Morgan fingerprint density at radius 3 is 2.54 bits per heavy atom.